The number of nitrogens with one attached hydrogen (secondary N) is 1. The molecule has 4 nitrogen and oxygen atoms in total. The van der Waals surface area contributed by atoms with Crippen molar-refractivity contribution in [1.82, 2.24) is 10.3 Å². The van der Waals surface area contributed by atoms with Crippen LogP contribution < -0.4 is 10.4 Å². The lowest BCUT2D eigenvalue weighted by Gasteiger charge is -2.32. The summed E-state index contributed by atoms with van der Waals surface area (Å²) >= 11 is 6.02. The van der Waals surface area contributed by atoms with E-state index in [1.807, 2.05) is 42.4 Å². The first-order chi connectivity index (χ1) is 14.1. The molecule has 1 amide bonds. The molecule has 0 bridgehead atoms. The fraction of sp³-hybridized carbons (Fsp3) is 0.375. The van der Waals surface area contributed by atoms with Crippen molar-refractivity contribution in [2.45, 2.75) is 44.6 Å². The number of carbonyl (C=O) groups is 1. The predicted octanol–water partition coefficient (Wildman–Crippen LogP) is 4.95. The summed E-state index contributed by atoms with van der Waals surface area (Å²) in [7, 11) is 1.94. The summed E-state index contributed by atoms with van der Waals surface area (Å²) in [6.45, 7) is 0.717. The minimum atomic E-state index is 0.128. The molecule has 0 unspecified atom stereocenters. The topological polar surface area (TPSA) is 35.6 Å². The molecule has 2 aromatic rings. The number of benzene rings is 2. The van der Waals surface area contributed by atoms with Gasteiger partial charge in [0.05, 0.1) is 5.69 Å². The van der Waals surface area contributed by atoms with Crippen LogP contribution in [0.1, 0.15) is 37.7 Å². The van der Waals surface area contributed by atoms with Crippen LogP contribution in [0, 0.1) is 0 Å². The second kappa shape index (κ2) is 8.91. The third kappa shape index (κ3) is 4.59. The Bertz CT molecular complexity index is 873. The lowest BCUT2D eigenvalue weighted by molar-refractivity contribution is -0.128. The highest BCUT2D eigenvalue weighted by Crippen LogP contribution is 2.30. The second-order valence-electron chi connectivity index (χ2n) is 8.01. The molecule has 1 aliphatic carbocycles. The Morgan fingerprint density at radius 2 is 1.72 bits per heavy atom. The number of hydrogen-bond acceptors (Lipinski definition) is 3. The maximum Gasteiger partial charge on any atom is 0.272 e. The number of anilines is 1. The summed E-state index contributed by atoms with van der Waals surface area (Å²) in [6, 6.07) is 18.4. The third-order valence-corrected chi connectivity index (χ3v) is 6.21. The zero-order chi connectivity index (χ0) is 20.2. The van der Waals surface area contributed by atoms with E-state index in [4.69, 9.17) is 11.6 Å². The highest BCUT2D eigenvalue weighted by Gasteiger charge is 2.35. The fourth-order valence-electron chi connectivity index (χ4n) is 4.35. The Morgan fingerprint density at radius 3 is 2.41 bits per heavy atom. The van der Waals surface area contributed by atoms with E-state index in [2.05, 4.69) is 34.6 Å². The van der Waals surface area contributed by atoms with Crippen LogP contribution in [0.5, 0.6) is 0 Å². The van der Waals surface area contributed by atoms with Gasteiger partial charge in [-0.15, -0.1) is 0 Å². The standard InChI is InChI=1S/C24H28ClN3O/c1-27(21-14-12-20(25)13-15-21)26-23-19(16-18-8-4-2-5-9-18)17-28(24(23)29)22-10-6-3-7-11-22/h2,4-5,8-9,12-15,22,26H,3,6-7,10-11,16-17H2,1H3. The van der Waals surface area contributed by atoms with Crippen molar-refractivity contribution < 1.29 is 4.79 Å². The molecule has 2 aliphatic rings. The summed E-state index contributed by atoms with van der Waals surface area (Å²) < 4.78 is 0. The van der Waals surface area contributed by atoms with Crippen LogP contribution >= 0.6 is 11.6 Å². The molecule has 5 heteroatoms. The number of hydrazine groups is 1. The minimum absolute atomic E-state index is 0.128. The van der Waals surface area contributed by atoms with E-state index in [9.17, 15) is 4.79 Å². The molecule has 0 radical (unpaired) electrons. The number of hydrogen-bond donors (Lipinski definition) is 1. The zero-order valence-corrected chi connectivity index (χ0v) is 17.7. The Morgan fingerprint density at radius 1 is 1.03 bits per heavy atom. The van der Waals surface area contributed by atoms with E-state index in [1.165, 1.54) is 24.8 Å². The number of rotatable bonds is 6. The molecule has 1 heterocycles. The van der Waals surface area contributed by atoms with Gasteiger partial charge in [0.25, 0.3) is 5.91 Å². The predicted molar refractivity (Wildman–Crippen MR) is 119 cm³/mol. The average Bonchev–Trinajstić information content (AvgIpc) is 3.05. The van der Waals surface area contributed by atoms with Gasteiger partial charge in [0.1, 0.15) is 5.70 Å². The number of carbonyl (C=O) groups excluding carboxylic acids is 1. The smallest absolute Gasteiger partial charge is 0.272 e. The highest BCUT2D eigenvalue weighted by molar-refractivity contribution is 6.30. The SMILES string of the molecule is CN(NC1=C(Cc2ccccc2)CN(C2CCCCC2)C1=O)c1ccc(Cl)cc1. The van der Waals surface area contributed by atoms with Crippen LogP contribution in [-0.4, -0.2) is 30.4 Å². The lowest BCUT2D eigenvalue weighted by Crippen LogP contribution is -2.43. The van der Waals surface area contributed by atoms with Gasteiger partial charge in [0, 0.05) is 24.7 Å². The maximum absolute atomic E-state index is 13.4. The van der Waals surface area contributed by atoms with Crippen molar-refractivity contribution in [3.8, 4) is 0 Å². The summed E-state index contributed by atoms with van der Waals surface area (Å²) in [5, 5.41) is 2.60. The molecule has 1 saturated carbocycles. The van der Waals surface area contributed by atoms with Crippen molar-refractivity contribution in [3.63, 3.8) is 0 Å². The van der Waals surface area contributed by atoms with E-state index >= 15 is 0 Å². The Labute approximate surface area is 178 Å². The lowest BCUT2D eigenvalue weighted by atomic mass is 9.94. The Hall–Kier alpha value is -2.46. The third-order valence-electron chi connectivity index (χ3n) is 5.96. The van der Waals surface area contributed by atoms with Gasteiger partial charge in [-0.2, -0.15) is 0 Å². The van der Waals surface area contributed by atoms with Crippen LogP contribution in [-0.2, 0) is 11.2 Å². The number of amides is 1. The minimum Gasteiger partial charge on any atom is -0.330 e. The van der Waals surface area contributed by atoms with Crippen LogP contribution in [0.15, 0.2) is 65.9 Å². The summed E-state index contributed by atoms with van der Waals surface area (Å²) in [5.41, 5.74) is 7.46. The maximum atomic E-state index is 13.4. The molecule has 4 rings (SSSR count). The molecule has 1 N–H and O–H groups in total. The summed E-state index contributed by atoms with van der Waals surface area (Å²) in [6.07, 6.45) is 6.74. The van der Waals surface area contributed by atoms with Crippen LogP contribution in [0.25, 0.3) is 0 Å². The fourth-order valence-corrected chi connectivity index (χ4v) is 4.48. The van der Waals surface area contributed by atoms with Crippen LogP contribution in [0.3, 0.4) is 0 Å². The average molecular weight is 410 g/mol. The van der Waals surface area contributed by atoms with Crippen molar-refractivity contribution in [2.75, 3.05) is 18.6 Å². The molecular formula is C24H28ClN3O. The normalized spacial score (nSPS) is 17.7. The first kappa shape index (κ1) is 19.8. The monoisotopic (exact) mass is 409 g/mol. The molecule has 0 aromatic heterocycles. The van der Waals surface area contributed by atoms with E-state index in [0.29, 0.717) is 11.1 Å². The van der Waals surface area contributed by atoms with E-state index in [1.54, 1.807) is 0 Å². The van der Waals surface area contributed by atoms with Gasteiger partial charge in [-0.25, -0.2) is 0 Å². The second-order valence-corrected chi connectivity index (χ2v) is 8.45. The molecular weight excluding hydrogens is 382 g/mol. The molecule has 1 aliphatic heterocycles. The van der Waals surface area contributed by atoms with Gasteiger partial charge in [-0.05, 0) is 54.7 Å². The van der Waals surface area contributed by atoms with Gasteiger partial charge in [0.15, 0.2) is 0 Å². The Balaban J connectivity index is 1.57. The molecule has 29 heavy (non-hydrogen) atoms. The van der Waals surface area contributed by atoms with Crippen molar-refractivity contribution >= 4 is 23.2 Å². The van der Waals surface area contributed by atoms with Crippen molar-refractivity contribution in [2.24, 2.45) is 0 Å². The van der Waals surface area contributed by atoms with E-state index in [0.717, 1.165) is 42.8 Å². The molecule has 152 valence electrons. The first-order valence-electron chi connectivity index (χ1n) is 10.4. The van der Waals surface area contributed by atoms with Gasteiger partial charge < -0.3 is 4.90 Å². The van der Waals surface area contributed by atoms with Gasteiger partial charge in [-0.3, -0.25) is 15.2 Å². The van der Waals surface area contributed by atoms with Crippen molar-refractivity contribution in [3.05, 3.63) is 76.5 Å². The van der Waals surface area contributed by atoms with E-state index in [-0.39, 0.29) is 5.91 Å². The summed E-state index contributed by atoms with van der Waals surface area (Å²) in [4.78, 5) is 15.5. The molecule has 0 saturated heterocycles. The highest BCUT2D eigenvalue weighted by atomic mass is 35.5. The molecule has 0 atom stereocenters. The van der Waals surface area contributed by atoms with Gasteiger partial charge in [-0.1, -0.05) is 61.2 Å². The van der Waals surface area contributed by atoms with Crippen molar-refractivity contribution in [1.29, 1.82) is 0 Å². The molecule has 1 fully saturated rings. The molecule has 0 spiro atoms. The van der Waals surface area contributed by atoms with E-state index < -0.39 is 0 Å². The first-order valence-corrected chi connectivity index (χ1v) is 10.8. The number of nitrogens with zero attached hydrogens (tertiary/aromatic N) is 2. The molecule has 2 aromatic carbocycles. The summed E-state index contributed by atoms with van der Waals surface area (Å²) in [5.74, 6) is 0.128. The van der Waals surface area contributed by atoms with Crippen LogP contribution in [0.2, 0.25) is 5.02 Å². The zero-order valence-electron chi connectivity index (χ0n) is 16.9. The number of halogens is 1. The van der Waals surface area contributed by atoms with Gasteiger partial charge >= 0.3 is 0 Å². The van der Waals surface area contributed by atoms with Gasteiger partial charge in [0.2, 0.25) is 0 Å². The Kier molecular flexibility index (Phi) is 6.10. The van der Waals surface area contributed by atoms with Crippen LogP contribution in [0.4, 0.5) is 5.69 Å². The quantitative estimate of drug-likeness (QED) is 0.685. The largest absolute Gasteiger partial charge is 0.330 e.